The zero-order chi connectivity index (χ0) is 23.2. The number of carbonyl (C=O) groups excluding carboxylic acids is 1. The molecule has 9 heteroatoms. The molecule has 166 valence electrons. The van der Waals surface area contributed by atoms with Gasteiger partial charge in [0.15, 0.2) is 0 Å². The van der Waals surface area contributed by atoms with E-state index in [1.54, 1.807) is 43.5 Å². The Labute approximate surface area is 189 Å². The third kappa shape index (κ3) is 5.21. The third-order valence-corrected chi connectivity index (χ3v) is 5.02. The molecule has 1 aromatic heterocycles. The third-order valence-electron chi connectivity index (χ3n) is 5.02. The monoisotopic (exact) mass is 444 g/mol. The number of methoxy groups -OCH3 is 1. The lowest BCUT2D eigenvalue weighted by Gasteiger charge is -2.15. The Kier molecular flexibility index (Phi) is 6.40. The summed E-state index contributed by atoms with van der Waals surface area (Å²) in [5, 5.41) is 17.8. The highest BCUT2D eigenvalue weighted by Gasteiger charge is 2.23. The number of hydrogen-bond acceptors (Lipinski definition) is 7. The smallest absolute Gasteiger partial charge is 0.269 e. The summed E-state index contributed by atoms with van der Waals surface area (Å²) in [5.74, 6) is 0.858. The summed E-state index contributed by atoms with van der Waals surface area (Å²) in [6, 6.07) is 21.6. The minimum absolute atomic E-state index is 0.0313. The van der Waals surface area contributed by atoms with Crippen LogP contribution in [0.2, 0.25) is 0 Å². The Morgan fingerprint density at radius 2 is 1.76 bits per heavy atom. The quantitative estimate of drug-likeness (QED) is 0.316. The number of benzene rings is 3. The van der Waals surface area contributed by atoms with E-state index in [-0.39, 0.29) is 23.3 Å². The van der Waals surface area contributed by atoms with Gasteiger partial charge < -0.3 is 14.6 Å². The van der Waals surface area contributed by atoms with E-state index in [4.69, 9.17) is 9.26 Å². The number of carbonyl (C=O) groups is 1. The molecule has 1 amide bonds. The molecule has 0 aliphatic carbocycles. The number of aromatic nitrogens is 2. The van der Waals surface area contributed by atoms with Gasteiger partial charge >= 0.3 is 0 Å². The number of ether oxygens (including phenoxy) is 1. The highest BCUT2D eigenvalue weighted by Crippen LogP contribution is 2.24. The van der Waals surface area contributed by atoms with Crippen LogP contribution in [0, 0.1) is 10.1 Å². The van der Waals surface area contributed by atoms with Crippen LogP contribution in [0.5, 0.6) is 5.75 Å². The SMILES string of the molecule is COc1ccc(C(=O)N[C@H](Cc2ccccc2)c2nc(-c3ccc([N+](=O)[O-])cc3)no2)cc1. The van der Waals surface area contributed by atoms with Gasteiger partial charge in [0.05, 0.1) is 12.0 Å². The summed E-state index contributed by atoms with van der Waals surface area (Å²) in [4.78, 5) is 27.7. The molecule has 0 bridgehead atoms. The standard InChI is InChI=1S/C24H20N4O5/c1-32-20-13-9-18(10-14-20)23(29)25-21(15-16-5-3-2-4-6-16)24-26-22(27-33-24)17-7-11-19(12-8-17)28(30)31/h2-14,21H,15H2,1H3,(H,25,29)/t21-/m1/s1. The molecule has 0 fully saturated rings. The van der Waals surface area contributed by atoms with Gasteiger partial charge in [-0.1, -0.05) is 35.5 Å². The van der Waals surface area contributed by atoms with Crippen molar-refractivity contribution in [1.82, 2.24) is 15.5 Å². The van der Waals surface area contributed by atoms with Gasteiger partial charge in [-0.15, -0.1) is 0 Å². The molecule has 4 aromatic rings. The van der Waals surface area contributed by atoms with Crippen molar-refractivity contribution in [2.75, 3.05) is 7.11 Å². The lowest BCUT2D eigenvalue weighted by atomic mass is 10.1. The van der Waals surface area contributed by atoms with Crippen LogP contribution in [0.25, 0.3) is 11.4 Å². The summed E-state index contributed by atoms with van der Waals surface area (Å²) in [5.41, 5.74) is 1.98. The van der Waals surface area contributed by atoms with Gasteiger partial charge in [0.1, 0.15) is 11.8 Å². The van der Waals surface area contributed by atoms with E-state index in [1.807, 2.05) is 30.3 Å². The molecule has 1 heterocycles. The Morgan fingerprint density at radius 1 is 1.06 bits per heavy atom. The van der Waals surface area contributed by atoms with E-state index in [1.165, 1.54) is 12.1 Å². The van der Waals surface area contributed by atoms with Crippen molar-refractivity contribution in [1.29, 1.82) is 0 Å². The van der Waals surface area contributed by atoms with Crippen LogP contribution in [-0.2, 0) is 6.42 Å². The molecule has 0 aliphatic rings. The second-order valence-electron chi connectivity index (χ2n) is 7.20. The fourth-order valence-electron chi connectivity index (χ4n) is 3.26. The van der Waals surface area contributed by atoms with Gasteiger partial charge in [-0.2, -0.15) is 4.98 Å². The number of nitro groups is 1. The van der Waals surface area contributed by atoms with Crippen LogP contribution in [0.15, 0.2) is 83.4 Å². The van der Waals surface area contributed by atoms with E-state index < -0.39 is 11.0 Å². The van der Waals surface area contributed by atoms with Crippen LogP contribution >= 0.6 is 0 Å². The minimum atomic E-state index is -0.582. The van der Waals surface area contributed by atoms with Crippen molar-refractivity contribution >= 4 is 11.6 Å². The average molecular weight is 444 g/mol. The van der Waals surface area contributed by atoms with Crippen molar-refractivity contribution in [3.8, 4) is 17.1 Å². The predicted octanol–water partition coefficient (Wildman–Crippen LogP) is 4.37. The van der Waals surface area contributed by atoms with Gasteiger partial charge in [-0.3, -0.25) is 14.9 Å². The molecule has 33 heavy (non-hydrogen) atoms. The molecule has 0 saturated heterocycles. The average Bonchev–Trinajstić information content (AvgIpc) is 3.35. The lowest BCUT2D eigenvalue weighted by Crippen LogP contribution is -2.30. The van der Waals surface area contributed by atoms with E-state index in [0.717, 1.165) is 5.56 Å². The molecule has 1 N–H and O–H groups in total. The predicted molar refractivity (Wildman–Crippen MR) is 120 cm³/mol. The Balaban J connectivity index is 1.59. The van der Waals surface area contributed by atoms with E-state index in [9.17, 15) is 14.9 Å². The molecular weight excluding hydrogens is 424 g/mol. The number of nitrogens with zero attached hydrogens (tertiary/aromatic N) is 3. The number of nitro benzene ring substituents is 1. The summed E-state index contributed by atoms with van der Waals surface area (Å²) < 4.78 is 10.6. The molecule has 1 atom stereocenters. The van der Waals surface area contributed by atoms with Crippen LogP contribution < -0.4 is 10.1 Å². The van der Waals surface area contributed by atoms with Crippen LogP contribution in [0.3, 0.4) is 0 Å². The largest absolute Gasteiger partial charge is 0.497 e. The molecule has 0 radical (unpaired) electrons. The minimum Gasteiger partial charge on any atom is -0.497 e. The maximum atomic E-state index is 12.9. The topological polar surface area (TPSA) is 120 Å². The maximum absolute atomic E-state index is 12.9. The van der Waals surface area contributed by atoms with Crippen molar-refractivity contribution in [2.45, 2.75) is 12.5 Å². The summed E-state index contributed by atoms with van der Waals surface area (Å²) in [6.45, 7) is 0. The number of hydrogen-bond donors (Lipinski definition) is 1. The van der Waals surface area contributed by atoms with Gasteiger partial charge in [0, 0.05) is 29.7 Å². The first-order valence-corrected chi connectivity index (χ1v) is 10.1. The van der Waals surface area contributed by atoms with Gasteiger partial charge in [-0.25, -0.2) is 0 Å². The van der Waals surface area contributed by atoms with Gasteiger partial charge in [-0.05, 0) is 42.0 Å². The summed E-state index contributed by atoms with van der Waals surface area (Å²) >= 11 is 0. The van der Waals surface area contributed by atoms with Crippen molar-refractivity contribution in [3.63, 3.8) is 0 Å². The van der Waals surface area contributed by atoms with Crippen molar-refractivity contribution in [2.24, 2.45) is 0 Å². The molecule has 0 aliphatic heterocycles. The fourth-order valence-corrected chi connectivity index (χ4v) is 3.26. The molecule has 0 saturated carbocycles. The molecule has 9 nitrogen and oxygen atoms in total. The lowest BCUT2D eigenvalue weighted by molar-refractivity contribution is -0.384. The van der Waals surface area contributed by atoms with Crippen LogP contribution in [-0.4, -0.2) is 28.1 Å². The number of rotatable bonds is 8. The first-order valence-electron chi connectivity index (χ1n) is 10.1. The molecule has 0 spiro atoms. The molecule has 3 aromatic carbocycles. The Bertz CT molecular complexity index is 1240. The Hall–Kier alpha value is -4.53. The van der Waals surface area contributed by atoms with Gasteiger partial charge in [0.2, 0.25) is 11.7 Å². The van der Waals surface area contributed by atoms with Crippen molar-refractivity contribution < 1.29 is 19.0 Å². The summed E-state index contributed by atoms with van der Waals surface area (Å²) in [7, 11) is 1.56. The Morgan fingerprint density at radius 3 is 2.39 bits per heavy atom. The number of nitrogens with one attached hydrogen (secondary N) is 1. The molecule has 4 rings (SSSR count). The fraction of sp³-hybridized carbons (Fsp3) is 0.125. The highest BCUT2D eigenvalue weighted by atomic mass is 16.6. The second-order valence-corrected chi connectivity index (χ2v) is 7.20. The number of amides is 1. The van der Waals surface area contributed by atoms with E-state index in [0.29, 0.717) is 23.3 Å². The molecular formula is C24H20N4O5. The number of non-ortho nitro benzene ring substituents is 1. The first kappa shape index (κ1) is 21.7. The highest BCUT2D eigenvalue weighted by molar-refractivity contribution is 5.94. The zero-order valence-electron chi connectivity index (χ0n) is 17.7. The first-order chi connectivity index (χ1) is 16.0. The summed E-state index contributed by atoms with van der Waals surface area (Å²) in [6.07, 6.45) is 0.435. The second kappa shape index (κ2) is 9.73. The zero-order valence-corrected chi connectivity index (χ0v) is 17.7. The van der Waals surface area contributed by atoms with Crippen LogP contribution in [0.1, 0.15) is 27.9 Å². The van der Waals surface area contributed by atoms with Gasteiger partial charge in [0.25, 0.3) is 11.6 Å². The van der Waals surface area contributed by atoms with E-state index >= 15 is 0 Å². The normalized spacial score (nSPS) is 11.5. The van der Waals surface area contributed by atoms with E-state index in [2.05, 4.69) is 15.5 Å². The molecule has 0 unspecified atom stereocenters. The van der Waals surface area contributed by atoms with Crippen LogP contribution in [0.4, 0.5) is 5.69 Å². The maximum Gasteiger partial charge on any atom is 0.269 e. The van der Waals surface area contributed by atoms with Crippen molar-refractivity contribution in [3.05, 3.63) is 106 Å².